The van der Waals surface area contributed by atoms with E-state index in [4.69, 9.17) is 0 Å². The first kappa shape index (κ1) is 12.2. The average Bonchev–Trinajstić information content (AvgIpc) is 2.75. The molecule has 19 heavy (non-hydrogen) atoms. The van der Waals surface area contributed by atoms with Crippen LogP contribution in [0.3, 0.4) is 0 Å². The SMILES string of the molecule is O=C(c1ccc2ccccc2n1)N1CCCCCC1. The third-order valence-electron chi connectivity index (χ3n) is 3.71. The second kappa shape index (κ2) is 5.39. The average molecular weight is 254 g/mol. The zero-order chi connectivity index (χ0) is 13.1. The predicted octanol–water partition coefficient (Wildman–Crippen LogP) is 3.25. The molecule has 1 fully saturated rings. The summed E-state index contributed by atoms with van der Waals surface area (Å²) in [5.41, 5.74) is 1.46. The summed E-state index contributed by atoms with van der Waals surface area (Å²) < 4.78 is 0. The lowest BCUT2D eigenvalue weighted by atomic mass is 10.2. The third-order valence-corrected chi connectivity index (χ3v) is 3.71. The number of carbonyl (C=O) groups excluding carboxylic acids is 1. The second-order valence-corrected chi connectivity index (χ2v) is 5.10. The van der Waals surface area contributed by atoms with Crippen LogP contribution in [0.25, 0.3) is 10.9 Å². The topological polar surface area (TPSA) is 33.2 Å². The standard InChI is InChI=1S/C16H18N2O/c19-16(18-11-5-1-2-6-12-18)15-10-9-13-7-3-4-8-14(13)17-15/h3-4,7-10H,1-2,5-6,11-12H2. The molecular formula is C16H18N2O. The first-order chi connectivity index (χ1) is 9.34. The first-order valence-corrected chi connectivity index (χ1v) is 7.00. The van der Waals surface area contributed by atoms with Crippen LogP contribution in [-0.2, 0) is 0 Å². The van der Waals surface area contributed by atoms with Crippen LogP contribution in [0.5, 0.6) is 0 Å². The van der Waals surface area contributed by atoms with E-state index in [-0.39, 0.29) is 5.91 Å². The van der Waals surface area contributed by atoms with Gasteiger partial charge in [0.1, 0.15) is 5.69 Å². The van der Waals surface area contributed by atoms with Crippen molar-refractivity contribution in [1.82, 2.24) is 9.88 Å². The summed E-state index contributed by atoms with van der Waals surface area (Å²) in [5, 5.41) is 1.08. The molecule has 1 aromatic carbocycles. The van der Waals surface area contributed by atoms with Crippen LogP contribution >= 0.6 is 0 Å². The van der Waals surface area contributed by atoms with E-state index in [1.54, 1.807) is 0 Å². The normalized spacial score (nSPS) is 16.3. The molecule has 0 atom stereocenters. The lowest BCUT2D eigenvalue weighted by Gasteiger charge is -2.19. The molecule has 0 radical (unpaired) electrons. The number of aromatic nitrogens is 1. The second-order valence-electron chi connectivity index (χ2n) is 5.10. The van der Waals surface area contributed by atoms with E-state index in [0.717, 1.165) is 36.8 Å². The zero-order valence-electron chi connectivity index (χ0n) is 11.0. The summed E-state index contributed by atoms with van der Waals surface area (Å²) in [5.74, 6) is 0.0765. The number of hydrogen-bond acceptors (Lipinski definition) is 2. The zero-order valence-corrected chi connectivity index (χ0v) is 11.0. The number of rotatable bonds is 1. The molecule has 2 heterocycles. The van der Waals surface area contributed by atoms with Crippen LogP contribution < -0.4 is 0 Å². The van der Waals surface area contributed by atoms with Gasteiger partial charge in [-0.25, -0.2) is 4.98 Å². The fourth-order valence-electron chi connectivity index (χ4n) is 2.62. The summed E-state index contributed by atoms with van der Waals surface area (Å²) in [6.07, 6.45) is 4.68. The number of benzene rings is 1. The highest BCUT2D eigenvalue weighted by Gasteiger charge is 2.18. The number of amides is 1. The van der Waals surface area contributed by atoms with Crippen molar-refractivity contribution >= 4 is 16.8 Å². The van der Waals surface area contributed by atoms with Crippen LogP contribution in [0.2, 0.25) is 0 Å². The number of carbonyl (C=O) groups is 1. The van der Waals surface area contributed by atoms with Gasteiger partial charge in [-0.1, -0.05) is 37.1 Å². The molecule has 0 unspecified atom stereocenters. The van der Waals surface area contributed by atoms with E-state index >= 15 is 0 Å². The molecular weight excluding hydrogens is 236 g/mol. The molecule has 98 valence electrons. The molecule has 1 aliphatic rings. The van der Waals surface area contributed by atoms with Gasteiger partial charge in [0.25, 0.3) is 5.91 Å². The monoisotopic (exact) mass is 254 g/mol. The van der Waals surface area contributed by atoms with Crippen molar-refractivity contribution in [2.45, 2.75) is 25.7 Å². The number of hydrogen-bond donors (Lipinski definition) is 0. The van der Waals surface area contributed by atoms with Gasteiger partial charge < -0.3 is 4.90 Å². The highest BCUT2D eigenvalue weighted by Crippen LogP contribution is 2.15. The molecule has 3 nitrogen and oxygen atoms in total. The fourth-order valence-corrected chi connectivity index (χ4v) is 2.62. The highest BCUT2D eigenvalue weighted by atomic mass is 16.2. The van der Waals surface area contributed by atoms with Gasteiger partial charge in [0.2, 0.25) is 0 Å². The lowest BCUT2D eigenvalue weighted by molar-refractivity contribution is 0.0756. The predicted molar refractivity (Wildman–Crippen MR) is 76.1 cm³/mol. The Morgan fingerprint density at radius 3 is 2.47 bits per heavy atom. The van der Waals surface area contributed by atoms with Crippen molar-refractivity contribution in [2.24, 2.45) is 0 Å². The maximum Gasteiger partial charge on any atom is 0.272 e. The van der Waals surface area contributed by atoms with Crippen LogP contribution in [0.4, 0.5) is 0 Å². The molecule has 1 aliphatic heterocycles. The van der Waals surface area contributed by atoms with Gasteiger partial charge in [0, 0.05) is 18.5 Å². The van der Waals surface area contributed by atoms with E-state index in [1.807, 2.05) is 41.3 Å². The van der Waals surface area contributed by atoms with Gasteiger partial charge in [-0.3, -0.25) is 4.79 Å². The minimum Gasteiger partial charge on any atom is -0.337 e. The molecule has 1 saturated heterocycles. The molecule has 3 heteroatoms. The van der Waals surface area contributed by atoms with E-state index in [2.05, 4.69) is 4.98 Å². The molecule has 0 N–H and O–H groups in total. The van der Waals surface area contributed by atoms with Gasteiger partial charge in [-0.05, 0) is 25.0 Å². The number of fused-ring (bicyclic) bond motifs is 1. The maximum atomic E-state index is 12.5. The molecule has 0 spiro atoms. The van der Waals surface area contributed by atoms with Crippen molar-refractivity contribution in [1.29, 1.82) is 0 Å². The Hall–Kier alpha value is -1.90. The largest absolute Gasteiger partial charge is 0.337 e. The van der Waals surface area contributed by atoms with Gasteiger partial charge in [0.05, 0.1) is 5.52 Å². The van der Waals surface area contributed by atoms with Crippen molar-refractivity contribution < 1.29 is 4.79 Å². The Bertz CT molecular complexity index is 586. The third kappa shape index (κ3) is 2.60. The summed E-state index contributed by atoms with van der Waals surface area (Å²) in [7, 11) is 0. The van der Waals surface area contributed by atoms with Gasteiger partial charge in [-0.2, -0.15) is 0 Å². The molecule has 0 saturated carbocycles. The van der Waals surface area contributed by atoms with Gasteiger partial charge in [0.15, 0.2) is 0 Å². The molecule has 1 amide bonds. The van der Waals surface area contributed by atoms with E-state index < -0.39 is 0 Å². The van der Waals surface area contributed by atoms with Crippen LogP contribution in [0.1, 0.15) is 36.2 Å². The molecule has 0 aliphatic carbocycles. The Kier molecular flexibility index (Phi) is 3.45. The Balaban J connectivity index is 1.88. The molecule has 2 aromatic rings. The van der Waals surface area contributed by atoms with E-state index in [9.17, 15) is 4.79 Å². The van der Waals surface area contributed by atoms with Crippen molar-refractivity contribution in [3.05, 3.63) is 42.1 Å². The summed E-state index contributed by atoms with van der Waals surface area (Å²) >= 11 is 0. The molecule has 1 aromatic heterocycles. The van der Waals surface area contributed by atoms with Gasteiger partial charge >= 0.3 is 0 Å². The van der Waals surface area contributed by atoms with Crippen LogP contribution in [0, 0.1) is 0 Å². The summed E-state index contributed by atoms with van der Waals surface area (Å²) in [6.45, 7) is 1.74. The van der Waals surface area contributed by atoms with Crippen molar-refractivity contribution in [2.75, 3.05) is 13.1 Å². The van der Waals surface area contributed by atoms with Crippen LogP contribution in [-0.4, -0.2) is 28.9 Å². The molecule has 0 bridgehead atoms. The lowest BCUT2D eigenvalue weighted by Crippen LogP contribution is -2.32. The Morgan fingerprint density at radius 2 is 1.68 bits per heavy atom. The minimum absolute atomic E-state index is 0.0765. The van der Waals surface area contributed by atoms with Crippen LogP contribution in [0.15, 0.2) is 36.4 Å². The maximum absolute atomic E-state index is 12.5. The minimum atomic E-state index is 0.0765. The van der Waals surface area contributed by atoms with E-state index in [0.29, 0.717) is 5.69 Å². The van der Waals surface area contributed by atoms with Crippen molar-refractivity contribution in [3.63, 3.8) is 0 Å². The van der Waals surface area contributed by atoms with E-state index in [1.165, 1.54) is 12.8 Å². The number of pyridine rings is 1. The molecule has 3 rings (SSSR count). The number of para-hydroxylation sites is 1. The Labute approximate surface area is 113 Å². The summed E-state index contributed by atoms with van der Waals surface area (Å²) in [6, 6.07) is 11.7. The summed E-state index contributed by atoms with van der Waals surface area (Å²) in [4.78, 5) is 18.9. The Morgan fingerprint density at radius 1 is 0.947 bits per heavy atom. The highest BCUT2D eigenvalue weighted by molar-refractivity contribution is 5.94. The fraction of sp³-hybridized carbons (Fsp3) is 0.375. The quantitative estimate of drug-likeness (QED) is 0.782. The first-order valence-electron chi connectivity index (χ1n) is 7.00. The number of likely N-dealkylation sites (tertiary alicyclic amines) is 1. The smallest absolute Gasteiger partial charge is 0.272 e. The van der Waals surface area contributed by atoms with Gasteiger partial charge in [-0.15, -0.1) is 0 Å². The van der Waals surface area contributed by atoms with Crippen molar-refractivity contribution in [3.8, 4) is 0 Å². The number of nitrogens with zero attached hydrogens (tertiary/aromatic N) is 2.